The van der Waals surface area contributed by atoms with Gasteiger partial charge in [0.25, 0.3) is 0 Å². The molecule has 1 rings (SSSR count). The van der Waals surface area contributed by atoms with Crippen LogP contribution in [0, 0.1) is 20.8 Å². The smallest absolute Gasteiger partial charge is 0.220 e. The van der Waals surface area contributed by atoms with E-state index in [0.29, 0.717) is 6.42 Å². The molecule has 1 aromatic carbocycles. The molecule has 3 heteroatoms. The van der Waals surface area contributed by atoms with Gasteiger partial charge in [0.1, 0.15) is 0 Å². The van der Waals surface area contributed by atoms with Crippen molar-refractivity contribution in [3.8, 4) is 0 Å². The average Bonchev–Trinajstić information content (AvgIpc) is 2.25. The Labute approximate surface area is 109 Å². The van der Waals surface area contributed by atoms with Crippen LogP contribution >= 0.6 is 0 Å². The van der Waals surface area contributed by atoms with Crippen molar-refractivity contribution in [2.24, 2.45) is 0 Å². The second-order valence-corrected chi connectivity index (χ2v) is 4.72. The second kappa shape index (κ2) is 6.34. The molecule has 0 saturated carbocycles. The van der Waals surface area contributed by atoms with Crippen LogP contribution in [0.4, 0.5) is 0 Å². The van der Waals surface area contributed by atoms with E-state index in [9.17, 15) is 9.59 Å². The predicted molar refractivity (Wildman–Crippen MR) is 72.9 cm³/mol. The van der Waals surface area contributed by atoms with Crippen LogP contribution in [0.15, 0.2) is 12.1 Å². The number of hydrogen-bond acceptors (Lipinski definition) is 2. The molecular formula is C15H21NO2. The molecule has 0 aromatic heterocycles. The minimum Gasteiger partial charge on any atom is -0.349 e. The van der Waals surface area contributed by atoms with Gasteiger partial charge in [-0.25, -0.2) is 0 Å². The number of amides is 1. The molecule has 0 spiro atoms. The van der Waals surface area contributed by atoms with E-state index in [1.807, 2.05) is 39.8 Å². The summed E-state index contributed by atoms with van der Waals surface area (Å²) in [7, 11) is 0. The zero-order valence-corrected chi connectivity index (χ0v) is 11.6. The maximum atomic E-state index is 12.1. The van der Waals surface area contributed by atoms with Crippen LogP contribution in [0.5, 0.6) is 0 Å². The van der Waals surface area contributed by atoms with Gasteiger partial charge in [-0.1, -0.05) is 24.6 Å². The third-order valence-electron chi connectivity index (χ3n) is 2.88. The van der Waals surface area contributed by atoms with Crippen LogP contribution < -0.4 is 5.32 Å². The summed E-state index contributed by atoms with van der Waals surface area (Å²) in [5.41, 5.74) is 3.83. The Bertz CT molecular complexity index is 441. The molecule has 0 unspecified atom stereocenters. The summed E-state index contributed by atoms with van der Waals surface area (Å²) in [6, 6.07) is 3.99. The van der Waals surface area contributed by atoms with E-state index in [2.05, 4.69) is 5.32 Å². The Morgan fingerprint density at radius 2 is 1.67 bits per heavy atom. The van der Waals surface area contributed by atoms with E-state index >= 15 is 0 Å². The van der Waals surface area contributed by atoms with Gasteiger partial charge in [0, 0.05) is 12.0 Å². The van der Waals surface area contributed by atoms with E-state index in [4.69, 9.17) is 0 Å². The lowest BCUT2D eigenvalue weighted by Gasteiger charge is -2.11. The van der Waals surface area contributed by atoms with Crippen LogP contribution in [-0.2, 0) is 4.79 Å². The SMILES string of the molecule is CCCC(=O)NCC(=O)c1c(C)cc(C)cc1C. The highest BCUT2D eigenvalue weighted by molar-refractivity contribution is 6.01. The van der Waals surface area contributed by atoms with Crippen LogP contribution in [0.2, 0.25) is 0 Å². The number of carbonyl (C=O) groups excluding carboxylic acids is 2. The third-order valence-corrected chi connectivity index (χ3v) is 2.88. The van der Waals surface area contributed by atoms with Crippen molar-refractivity contribution in [3.05, 3.63) is 34.4 Å². The highest BCUT2D eigenvalue weighted by Gasteiger charge is 2.13. The molecule has 1 N–H and O–H groups in total. The number of nitrogens with one attached hydrogen (secondary N) is 1. The quantitative estimate of drug-likeness (QED) is 0.813. The van der Waals surface area contributed by atoms with Crippen molar-refractivity contribution in [1.29, 1.82) is 0 Å². The fourth-order valence-corrected chi connectivity index (χ4v) is 2.20. The summed E-state index contributed by atoms with van der Waals surface area (Å²) in [6.07, 6.45) is 1.27. The highest BCUT2D eigenvalue weighted by Crippen LogP contribution is 2.16. The van der Waals surface area contributed by atoms with E-state index < -0.39 is 0 Å². The number of hydrogen-bond donors (Lipinski definition) is 1. The molecule has 0 saturated heterocycles. The van der Waals surface area contributed by atoms with Crippen molar-refractivity contribution < 1.29 is 9.59 Å². The van der Waals surface area contributed by atoms with E-state index in [-0.39, 0.29) is 18.2 Å². The van der Waals surface area contributed by atoms with Crippen LogP contribution in [-0.4, -0.2) is 18.2 Å². The zero-order valence-electron chi connectivity index (χ0n) is 11.6. The van der Waals surface area contributed by atoms with Gasteiger partial charge >= 0.3 is 0 Å². The molecule has 18 heavy (non-hydrogen) atoms. The van der Waals surface area contributed by atoms with Gasteiger partial charge in [0.15, 0.2) is 5.78 Å². The van der Waals surface area contributed by atoms with Crippen molar-refractivity contribution in [3.63, 3.8) is 0 Å². The molecule has 0 atom stereocenters. The molecular weight excluding hydrogens is 226 g/mol. The molecule has 1 aromatic rings. The first-order valence-electron chi connectivity index (χ1n) is 6.33. The summed E-state index contributed by atoms with van der Waals surface area (Å²) >= 11 is 0. The van der Waals surface area contributed by atoms with Crippen molar-refractivity contribution >= 4 is 11.7 Å². The first kappa shape index (κ1) is 14.4. The minimum atomic E-state index is -0.0618. The van der Waals surface area contributed by atoms with E-state index in [1.165, 1.54) is 0 Å². The first-order valence-corrected chi connectivity index (χ1v) is 6.33. The Kier molecular flexibility index (Phi) is 5.08. The van der Waals surface area contributed by atoms with Crippen LogP contribution in [0.3, 0.4) is 0 Å². The number of benzene rings is 1. The van der Waals surface area contributed by atoms with Gasteiger partial charge in [-0.3, -0.25) is 9.59 Å². The molecule has 1 amide bonds. The molecule has 0 fully saturated rings. The summed E-state index contributed by atoms with van der Waals surface area (Å²) in [6.45, 7) is 7.90. The van der Waals surface area contributed by atoms with Gasteiger partial charge < -0.3 is 5.32 Å². The van der Waals surface area contributed by atoms with E-state index in [1.54, 1.807) is 0 Å². The summed E-state index contributed by atoms with van der Waals surface area (Å²) in [5.74, 6) is -0.0808. The fraction of sp³-hybridized carbons (Fsp3) is 0.467. The maximum absolute atomic E-state index is 12.1. The standard InChI is InChI=1S/C15H21NO2/c1-5-6-14(18)16-9-13(17)15-11(3)7-10(2)8-12(15)4/h7-8H,5-6,9H2,1-4H3,(H,16,18). The Balaban J connectivity index is 2.76. The third kappa shape index (κ3) is 3.69. The van der Waals surface area contributed by atoms with Crippen molar-refractivity contribution in [2.45, 2.75) is 40.5 Å². The number of Topliss-reactive ketones (excluding diaryl/α,β-unsaturated/α-hetero) is 1. The fourth-order valence-electron chi connectivity index (χ4n) is 2.20. The summed E-state index contributed by atoms with van der Waals surface area (Å²) in [4.78, 5) is 23.4. The van der Waals surface area contributed by atoms with Crippen molar-refractivity contribution in [2.75, 3.05) is 6.54 Å². The van der Waals surface area contributed by atoms with Gasteiger partial charge in [-0.15, -0.1) is 0 Å². The van der Waals surface area contributed by atoms with Gasteiger partial charge in [-0.05, 0) is 38.3 Å². The second-order valence-electron chi connectivity index (χ2n) is 4.72. The summed E-state index contributed by atoms with van der Waals surface area (Å²) < 4.78 is 0. The molecule has 0 aliphatic heterocycles. The lowest BCUT2D eigenvalue weighted by Crippen LogP contribution is -2.29. The minimum absolute atomic E-state index is 0.0190. The van der Waals surface area contributed by atoms with Crippen molar-refractivity contribution in [1.82, 2.24) is 5.32 Å². The molecule has 0 aliphatic carbocycles. The largest absolute Gasteiger partial charge is 0.349 e. The first-order chi connectivity index (χ1) is 8.45. The Morgan fingerprint density at radius 3 is 2.17 bits per heavy atom. The lowest BCUT2D eigenvalue weighted by atomic mass is 9.96. The number of aryl methyl sites for hydroxylation is 3. The van der Waals surface area contributed by atoms with Gasteiger partial charge in [-0.2, -0.15) is 0 Å². The Morgan fingerprint density at radius 1 is 1.11 bits per heavy atom. The topological polar surface area (TPSA) is 46.2 Å². The van der Waals surface area contributed by atoms with E-state index in [0.717, 1.165) is 28.7 Å². The number of ketones is 1. The number of rotatable bonds is 5. The zero-order chi connectivity index (χ0) is 13.7. The highest BCUT2D eigenvalue weighted by atomic mass is 16.2. The average molecular weight is 247 g/mol. The molecule has 0 aliphatic rings. The predicted octanol–water partition coefficient (Wildman–Crippen LogP) is 2.71. The molecule has 0 radical (unpaired) electrons. The van der Waals surface area contributed by atoms with Crippen LogP contribution in [0.25, 0.3) is 0 Å². The number of carbonyl (C=O) groups is 2. The maximum Gasteiger partial charge on any atom is 0.220 e. The van der Waals surface area contributed by atoms with Crippen LogP contribution in [0.1, 0.15) is 46.8 Å². The lowest BCUT2D eigenvalue weighted by molar-refractivity contribution is -0.120. The molecule has 98 valence electrons. The molecule has 3 nitrogen and oxygen atoms in total. The normalized spacial score (nSPS) is 10.2. The monoisotopic (exact) mass is 247 g/mol. The summed E-state index contributed by atoms with van der Waals surface area (Å²) in [5, 5.41) is 2.66. The molecule has 0 heterocycles. The van der Waals surface area contributed by atoms with Gasteiger partial charge in [0.2, 0.25) is 5.91 Å². The Hall–Kier alpha value is -1.64. The van der Waals surface area contributed by atoms with Gasteiger partial charge in [0.05, 0.1) is 6.54 Å². The molecule has 0 bridgehead atoms.